The first kappa shape index (κ1) is 16.5. The smallest absolute Gasteiger partial charge is 0.278 e. The molecule has 1 aliphatic heterocycles. The summed E-state index contributed by atoms with van der Waals surface area (Å²) in [5.74, 6) is 0.405. The van der Waals surface area contributed by atoms with Crippen molar-refractivity contribution in [1.29, 1.82) is 0 Å². The molecule has 1 N–H and O–H groups in total. The number of aryl methyl sites for hydroxylation is 1. The Kier molecular flexibility index (Phi) is 4.54. The third-order valence-corrected chi connectivity index (χ3v) is 4.69. The van der Waals surface area contributed by atoms with Crippen LogP contribution < -0.4 is 10.2 Å². The zero-order valence-corrected chi connectivity index (χ0v) is 14.8. The van der Waals surface area contributed by atoms with Gasteiger partial charge in [-0.2, -0.15) is 0 Å². The number of rotatable bonds is 3. The van der Waals surface area contributed by atoms with Crippen LogP contribution in [0.5, 0.6) is 0 Å². The number of carbonyl (C=O) groups is 1. The quantitative estimate of drug-likeness (QED) is 0.745. The molecule has 0 bridgehead atoms. The van der Waals surface area contributed by atoms with E-state index in [-0.39, 0.29) is 5.91 Å². The molecule has 0 saturated carbocycles. The highest BCUT2D eigenvalue weighted by Crippen LogP contribution is 2.28. The van der Waals surface area contributed by atoms with E-state index in [1.807, 2.05) is 36.4 Å². The molecule has 0 aliphatic carbocycles. The second-order valence-corrected chi connectivity index (χ2v) is 6.49. The Labute approximate surface area is 156 Å². The summed E-state index contributed by atoms with van der Waals surface area (Å²) in [7, 11) is 0. The fraction of sp³-hybridized carbons (Fsp3) is 0.150. The number of para-hydroxylation sites is 2. The highest BCUT2D eigenvalue weighted by atomic mass is 35.5. The number of hydrogen-bond acceptors (Lipinski definition) is 4. The number of halogens is 1. The van der Waals surface area contributed by atoms with E-state index in [1.54, 1.807) is 17.2 Å². The molecule has 2 heterocycles. The van der Waals surface area contributed by atoms with Crippen LogP contribution in [0.2, 0.25) is 5.02 Å². The largest absolute Gasteiger partial charge is 0.338 e. The van der Waals surface area contributed by atoms with Crippen LogP contribution in [0.3, 0.4) is 0 Å². The summed E-state index contributed by atoms with van der Waals surface area (Å²) in [6, 6.07) is 15.4. The highest BCUT2D eigenvalue weighted by molar-refractivity contribution is 6.33. The summed E-state index contributed by atoms with van der Waals surface area (Å²) in [4.78, 5) is 23.3. The van der Waals surface area contributed by atoms with Crippen molar-refractivity contribution in [3.63, 3.8) is 0 Å². The Morgan fingerprint density at radius 2 is 1.85 bits per heavy atom. The lowest BCUT2D eigenvalue weighted by atomic mass is 10.0. The number of carbonyl (C=O) groups excluding carboxylic acids is 1. The van der Waals surface area contributed by atoms with Crippen molar-refractivity contribution in [3.05, 3.63) is 77.2 Å². The van der Waals surface area contributed by atoms with Gasteiger partial charge in [-0.3, -0.25) is 4.79 Å². The summed E-state index contributed by atoms with van der Waals surface area (Å²) >= 11 is 6.13. The Balaban J connectivity index is 1.54. The van der Waals surface area contributed by atoms with Crippen LogP contribution in [0, 0.1) is 0 Å². The monoisotopic (exact) mass is 364 g/mol. The van der Waals surface area contributed by atoms with Crippen molar-refractivity contribution in [2.45, 2.75) is 12.8 Å². The third kappa shape index (κ3) is 3.26. The van der Waals surface area contributed by atoms with Gasteiger partial charge in [0.1, 0.15) is 11.5 Å². The normalized spacial score (nSPS) is 13.2. The molecular weight excluding hydrogens is 348 g/mol. The summed E-state index contributed by atoms with van der Waals surface area (Å²) in [5.41, 5.74) is 3.22. The van der Waals surface area contributed by atoms with Gasteiger partial charge in [0.25, 0.3) is 5.91 Å². The fourth-order valence-corrected chi connectivity index (χ4v) is 3.27. The minimum atomic E-state index is -0.131. The highest BCUT2D eigenvalue weighted by Gasteiger charge is 2.24. The summed E-state index contributed by atoms with van der Waals surface area (Å²) < 4.78 is 0. The van der Waals surface area contributed by atoms with Crippen molar-refractivity contribution >= 4 is 34.7 Å². The van der Waals surface area contributed by atoms with Gasteiger partial charge >= 0.3 is 0 Å². The van der Waals surface area contributed by atoms with Crippen LogP contribution in [0.1, 0.15) is 22.5 Å². The number of benzene rings is 2. The fourth-order valence-electron chi connectivity index (χ4n) is 3.09. The third-order valence-electron chi connectivity index (χ3n) is 4.36. The van der Waals surface area contributed by atoms with Gasteiger partial charge in [-0.05, 0) is 36.6 Å². The van der Waals surface area contributed by atoms with Gasteiger partial charge in [-0.1, -0.05) is 41.9 Å². The number of amides is 1. The standard InChI is InChI=1S/C20H17ClN4O/c21-15-8-2-3-9-16(15)24-19-13-22-17(12-23-19)20(26)25-11-5-7-14-6-1-4-10-18(14)25/h1-4,6,8-10,12-13H,5,7,11H2,(H,23,24). The van der Waals surface area contributed by atoms with Crippen LogP contribution in [0.4, 0.5) is 17.2 Å². The van der Waals surface area contributed by atoms with Gasteiger partial charge in [0.15, 0.2) is 0 Å². The van der Waals surface area contributed by atoms with Gasteiger partial charge in [0.2, 0.25) is 0 Å². The molecule has 0 radical (unpaired) electrons. The van der Waals surface area contributed by atoms with E-state index in [1.165, 1.54) is 11.8 Å². The van der Waals surface area contributed by atoms with E-state index in [4.69, 9.17) is 11.6 Å². The lowest BCUT2D eigenvalue weighted by Gasteiger charge is -2.29. The number of hydrogen-bond donors (Lipinski definition) is 1. The Hall–Kier alpha value is -2.92. The molecule has 1 aliphatic rings. The minimum Gasteiger partial charge on any atom is -0.338 e. The molecule has 26 heavy (non-hydrogen) atoms. The van der Waals surface area contributed by atoms with Crippen molar-refractivity contribution < 1.29 is 4.79 Å². The van der Waals surface area contributed by atoms with Crippen molar-refractivity contribution in [2.75, 3.05) is 16.8 Å². The maximum Gasteiger partial charge on any atom is 0.278 e. The predicted octanol–water partition coefficient (Wildman–Crippen LogP) is 4.47. The molecule has 1 aromatic heterocycles. The maximum absolute atomic E-state index is 12.9. The first-order chi connectivity index (χ1) is 12.7. The SMILES string of the molecule is O=C(c1cnc(Nc2ccccc2Cl)cn1)N1CCCc2ccccc21. The molecule has 0 fully saturated rings. The zero-order valence-electron chi connectivity index (χ0n) is 14.0. The van der Waals surface area contributed by atoms with E-state index in [9.17, 15) is 4.79 Å². The number of nitrogens with zero attached hydrogens (tertiary/aromatic N) is 3. The number of nitrogens with one attached hydrogen (secondary N) is 1. The molecule has 0 unspecified atom stereocenters. The Bertz CT molecular complexity index is 943. The lowest BCUT2D eigenvalue weighted by Crippen LogP contribution is -2.36. The van der Waals surface area contributed by atoms with Gasteiger partial charge in [0.05, 0.1) is 23.1 Å². The molecule has 130 valence electrons. The molecule has 1 amide bonds. The van der Waals surface area contributed by atoms with Gasteiger partial charge < -0.3 is 10.2 Å². The van der Waals surface area contributed by atoms with Crippen LogP contribution >= 0.6 is 11.6 Å². The van der Waals surface area contributed by atoms with Crippen molar-refractivity contribution in [1.82, 2.24) is 9.97 Å². The summed E-state index contributed by atoms with van der Waals surface area (Å²) in [5, 5.41) is 3.70. The average Bonchev–Trinajstić information content (AvgIpc) is 2.69. The number of anilines is 3. The maximum atomic E-state index is 12.9. The first-order valence-corrected chi connectivity index (χ1v) is 8.83. The second kappa shape index (κ2) is 7.14. The van der Waals surface area contributed by atoms with Crippen LogP contribution in [0.15, 0.2) is 60.9 Å². The number of fused-ring (bicyclic) bond motifs is 1. The van der Waals surface area contributed by atoms with E-state index in [0.717, 1.165) is 24.2 Å². The molecular formula is C20H17ClN4O. The summed E-state index contributed by atoms with van der Waals surface area (Å²) in [6.45, 7) is 0.692. The zero-order chi connectivity index (χ0) is 17.9. The van der Waals surface area contributed by atoms with E-state index < -0.39 is 0 Å². The van der Waals surface area contributed by atoms with Crippen molar-refractivity contribution in [3.8, 4) is 0 Å². The average molecular weight is 365 g/mol. The first-order valence-electron chi connectivity index (χ1n) is 8.46. The predicted molar refractivity (Wildman–Crippen MR) is 103 cm³/mol. The molecule has 5 nitrogen and oxygen atoms in total. The molecule has 2 aromatic carbocycles. The van der Waals surface area contributed by atoms with Crippen LogP contribution in [-0.4, -0.2) is 22.4 Å². The molecule has 4 rings (SSSR count). The minimum absolute atomic E-state index is 0.131. The molecule has 0 atom stereocenters. The van der Waals surface area contributed by atoms with Crippen molar-refractivity contribution in [2.24, 2.45) is 0 Å². The van der Waals surface area contributed by atoms with E-state index in [2.05, 4.69) is 21.4 Å². The van der Waals surface area contributed by atoms with E-state index in [0.29, 0.717) is 23.1 Å². The molecule has 0 spiro atoms. The van der Waals surface area contributed by atoms with E-state index >= 15 is 0 Å². The Morgan fingerprint density at radius 1 is 1.04 bits per heavy atom. The molecule has 6 heteroatoms. The second-order valence-electron chi connectivity index (χ2n) is 6.08. The van der Waals surface area contributed by atoms with Crippen LogP contribution in [-0.2, 0) is 6.42 Å². The van der Waals surface area contributed by atoms with Gasteiger partial charge in [-0.25, -0.2) is 9.97 Å². The Morgan fingerprint density at radius 3 is 2.65 bits per heavy atom. The molecule has 3 aromatic rings. The number of aromatic nitrogens is 2. The lowest BCUT2D eigenvalue weighted by molar-refractivity contribution is 0.0980. The topological polar surface area (TPSA) is 58.1 Å². The van der Waals surface area contributed by atoms with Crippen LogP contribution in [0.25, 0.3) is 0 Å². The van der Waals surface area contributed by atoms with Gasteiger partial charge in [-0.15, -0.1) is 0 Å². The van der Waals surface area contributed by atoms with Gasteiger partial charge in [0, 0.05) is 12.2 Å². The molecule has 0 saturated heterocycles. The summed E-state index contributed by atoms with van der Waals surface area (Å²) in [6.07, 6.45) is 4.99.